The molecule has 7 heteroatoms. The molecule has 1 unspecified atom stereocenters. The fourth-order valence-corrected chi connectivity index (χ4v) is 2.18. The molecule has 1 amide bonds. The van der Waals surface area contributed by atoms with Crippen LogP contribution in [-0.4, -0.2) is 20.4 Å². The predicted octanol–water partition coefficient (Wildman–Crippen LogP) is 2.60. The first-order valence-electron chi connectivity index (χ1n) is 5.73. The van der Waals surface area contributed by atoms with E-state index in [0.29, 0.717) is 22.0 Å². The zero-order valence-corrected chi connectivity index (χ0v) is 12.3. The molecule has 0 fully saturated rings. The Hall–Kier alpha value is -1.33. The Morgan fingerprint density at radius 3 is 2.68 bits per heavy atom. The summed E-state index contributed by atoms with van der Waals surface area (Å²) < 4.78 is 1.67. The molecule has 2 heterocycles. The quantitative estimate of drug-likeness (QED) is 0.886. The van der Waals surface area contributed by atoms with Crippen molar-refractivity contribution in [3.63, 3.8) is 0 Å². The summed E-state index contributed by atoms with van der Waals surface area (Å²) in [4.78, 5) is 20.3. The van der Waals surface area contributed by atoms with E-state index in [1.807, 2.05) is 0 Å². The van der Waals surface area contributed by atoms with Gasteiger partial charge in [0.2, 0.25) is 5.91 Å². The molecule has 0 bridgehead atoms. The van der Waals surface area contributed by atoms with Crippen molar-refractivity contribution in [2.45, 2.75) is 31.7 Å². The summed E-state index contributed by atoms with van der Waals surface area (Å²) in [7, 11) is 0. The number of aromatic nitrogens is 3. The van der Waals surface area contributed by atoms with E-state index < -0.39 is 11.4 Å². The molecule has 2 aromatic heterocycles. The van der Waals surface area contributed by atoms with Crippen LogP contribution in [0.3, 0.4) is 0 Å². The minimum Gasteiger partial charge on any atom is -0.368 e. The Balaban J connectivity index is 2.83. The van der Waals surface area contributed by atoms with Crippen molar-refractivity contribution >= 4 is 40.3 Å². The van der Waals surface area contributed by atoms with E-state index >= 15 is 0 Å². The van der Waals surface area contributed by atoms with Gasteiger partial charge in [0.25, 0.3) is 0 Å². The minimum absolute atomic E-state index is 0.383. The number of carbonyl (C=O) groups is 1. The number of alkyl halides is 1. The standard InChI is InChI=1S/C12H14Cl2N4O/c1-6(13)9-17-8-4-7(14)5-16-10(8)18(9)12(2,3)11(15)19/h4-6H,1-3H3,(H2,15,19). The molecular weight excluding hydrogens is 287 g/mol. The Kier molecular flexibility index (Phi) is 3.45. The lowest BCUT2D eigenvalue weighted by molar-refractivity contribution is -0.125. The number of rotatable bonds is 3. The third-order valence-electron chi connectivity index (χ3n) is 3.01. The molecule has 0 aliphatic rings. The van der Waals surface area contributed by atoms with Crippen molar-refractivity contribution in [2.75, 3.05) is 0 Å². The fourth-order valence-electron chi connectivity index (χ4n) is 1.89. The van der Waals surface area contributed by atoms with E-state index in [1.54, 1.807) is 31.4 Å². The number of pyridine rings is 1. The molecule has 5 nitrogen and oxygen atoms in total. The van der Waals surface area contributed by atoms with Gasteiger partial charge in [0.05, 0.1) is 10.4 Å². The summed E-state index contributed by atoms with van der Waals surface area (Å²) in [6.07, 6.45) is 1.50. The summed E-state index contributed by atoms with van der Waals surface area (Å²) in [6.45, 7) is 5.18. The molecule has 0 saturated heterocycles. The highest BCUT2D eigenvalue weighted by Crippen LogP contribution is 2.30. The van der Waals surface area contributed by atoms with Gasteiger partial charge in [-0.1, -0.05) is 11.6 Å². The number of primary amides is 1. The van der Waals surface area contributed by atoms with Gasteiger partial charge in [-0.25, -0.2) is 9.97 Å². The zero-order valence-electron chi connectivity index (χ0n) is 10.8. The number of fused-ring (bicyclic) bond motifs is 1. The van der Waals surface area contributed by atoms with Gasteiger partial charge in [-0.3, -0.25) is 9.36 Å². The van der Waals surface area contributed by atoms with E-state index in [9.17, 15) is 4.79 Å². The maximum atomic E-state index is 11.7. The van der Waals surface area contributed by atoms with Crippen LogP contribution in [0, 0.1) is 0 Å². The summed E-state index contributed by atoms with van der Waals surface area (Å²) in [5.74, 6) is 0.0531. The number of halogens is 2. The summed E-state index contributed by atoms with van der Waals surface area (Å²) in [6, 6.07) is 1.68. The van der Waals surface area contributed by atoms with Crippen LogP contribution in [0.2, 0.25) is 5.02 Å². The third-order valence-corrected chi connectivity index (χ3v) is 3.41. The number of carbonyl (C=O) groups excluding carboxylic acids is 1. The SMILES string of the molecule is CC(Cl)c1nc2cc(Cl)cnc2n1C(C)(C)C(N)=O. The second-order valence-electron chi connectivity index (χ2n) is 4.84. The van der Waals surface area contributed by atoms with Crippen molar-refractivity contribution in [3.05, 3.63) is 23.1 Å². The average molecular weight is 301 g/mol. The Bertz CT molecular complexity index is 648. The van der Waals surface area contributed by atoms with Gasteiger partial charge in [-0.2, -0.15) is 0 Å². The van der Waals surface area contributed by atoms with Crippen LogP contribution in [-0.2, 0) is 10.3 Å². The number of imidazole rings is 1. The molecule has 2 N–H and O–H groups in total. The maximum Gasteiger partial charge on any atom is 0.243 e. The highest BCUT2D eigenvalue weighted by atomic mass is 35.5. The molecule has 0 aliphatic carbocycles. The van der Waals surface area contributed by atoms with Crippen molar-refractivity contribution in [3.8, 4) is 0 Å². The smallest absolute Gasteiger partial charge is 0.243 e. The Morgan fingerprint density at radius 1 is 1.53 bits per heavy atom. The van der Waals surface area contributed by atoms with Crippen LogP contribution in [0.5, 0.6) is 0 Å². The first kappa shape index (κ1) is 14.1. The van der Waals surface area contributed by atoms with E-state index in [4.69, 9.17) is 28.9 Å². The van der Waals surface area contributed by atoms with Gasteiger partial charge >= 0.3 is 0 Å². The largest absolute Gasteiger partial charge is 0.368 e. The van der Waals surface area contributed by atoms with Gasteiger partial charge in [0.15, 0.2) is 5.65 Å². The fraction of sp³-hybridized carbons (Fsp3) is 0.417. The molecule has 2 rings (SSSR count). The molecule has 19 heavy (non-hydrogen) atoms. The van der Waals surface area contributed by atoms with Crippen molar-refractivity contribution in [2.24, 2.45) is 5.73 Å². The lowest BCUT2D eigenvalue weighted by atomic mass is 10.0. The Morgan fingerprint density at radius 2 is 2.16 bits per heavy atom. The van der Waals surface area contributed by atoms with E-state index in [-0.39, 0.29) is 5.38 Å². The summed E-state index contributed by atoms with van der Waals surface area (Å²) >= 11 is 12.0. The topological polar surface area (TPSA) is 73.8 Å². The maximum absolute atomic E-state index is 11.7. The van der Waals surface area contributed by atoms with Crippen LogP contribution >= 0.6 is 23.2 Å². The van der Waals surface area contributed by atoms with Crippen molar-refractivity contribution in [1.82, 2.24) is 14.5 Å². The molecule has 0 aliphatic heterocycles. The molecular formula is C12H14Cl2N4O. The van der Waals surface area contributed by atoms with Crippen molar-refractivity contribution in [1.29, 1.82) is 0 Å². The number of hydrogen-bond acceptors (Lipinski definition) is 3. The lowest BCUT2D eigenvalue weighted by Gasteiger charge is -2.25. The average Bonchev–Trinajstić information content (AvgIpc) is 2.67. The molecule has 0 spiro atoms. The zero-order chi connectivity index (χ0) is 14.4. The van der Waals surface area contributed by atoms with Crippen LogP contribution in [0.1, 0.15) is 32.0 Å². The first-order valence-corrected chi connectivity index (χ1v) is 6.55. The summed E-state index contributed by atoms with van der Waals surface area (Å²) in [5.41, 5.74) is 5.61. The van der Waals surface area contributed by atoms with Gasteiger partial charge in [0, 0.05) is 6.20 Å². The normalized spacial score (nSPS) is 13.7. The number of amides is 1. The monoisotopic (exact) mass is 300 g/mol. The molecule has 0 radical (unpaired) electrons. The molecule has 102 valence electrons. The minimum atomic E-state index is -0.978. The van der Waals surface area contributed by atoms with Crippen LogP contribution in [0.25, 0.3) is 11.2 Å². The molecule has 0 aromatic carbocycles. The molecule has 0 saturated carbocycles. The highest BCUT2D eigenvalue weighted by molar-refractivity contribution is 6.31. The van der Waals surface area contributed by atoms with Crippen LogP contribution in [0.4, 0.5) is 0 Å². The predicted molar refractivity (Wildman–Crippen MR) is 75.3 cm³/mol. The van der Waals surface area contributed by atoms with Gasteiger partial charge < -0.3 is 5.73 Å². The lowest BCUT2D eigenvalue weighted by Crippen LogP contribution is -2.42. The number of nitrogens with two attached hydrogens (primary N) is 1. The van der Waals surface area contributed by atoms with E-state index in [2.05, 4.69) is 9.97 Å². The first-order chi connectivity index (χ1) is 8.75. The highest BCUT2D eigenvalue weighted by Gasteiger charge is 2.33. The second kappa shape index (κ2) is 4.65. The van der Waals surface area contributed by atoms with E-state index in [0.717, 1.165) is 0 Å². The molecule has 2 aromatic rings. The van der Waals surface area contributed by atoms with E-state index in [1.165, 1.54) is 6.20 Å². The van der Waals surface area contributed by atoms with Crippen molar-refractivity contribution < 1.29 is 4.79 Å². The van der Waals surface area contributed by atoms with Gasteiger partial charge in [0.1, 0.15) is 16.9 Å². The second-order valence-corrected chi connectivity index (χ2v) is 5.93. The Labute approximate surface area is 120 Å². The van der Waals surface area contributed by atoms with Gasteiger partial charge in [-0.15, -0.1) is 11.6 Å². The van der Waals surface area contributed by atoms with Gasteiger partial charge in [-0.05, 0) is 26.8 Å². The third kappa shape index (κ3) is 2.28. The summed E-state index contributed by atoms with van der Waals surface area (Å²) in [5, 5.41) is 0.0920. The molecule has 1 atom stereocenters. The van der Waals surface area contributed by atoms with Crippen LogP contribution < -0.4 is 5.73 Å². The van der Waals surface area contributed by atoms with Crippen LogP contribution in [0.15, 0.2) is 12.3 Å². The number of nitrogens with zero attached hydrogens (tertiary/aromatic N) is 3. The number of hydrogen-bond donors (Lipinski definition) is 1.